The van der Waals surface area contributed by atoms with E-state index in [1.54, 1.807) is 5.57 Å². The van der Waals surface area contributed by atoms with Crippen LogP contribution in [0.4, 0.5) is 0 Å². The van der Waals surface area contributed by atoms with Crippen LogP contribution in [0.3, 0.4) is 0 Å². The van der Waals surface area contributed by atoms with Crippen LogP contribution in [0.5, 0.6) is 0 Å². The van der Waals surface area contributed by atoms with E-state index in [0.29, 0.717) is 3.67 Å². The average Bonchev–Trinajstić information content (AvgIpc) is 2.77. The van der Waals surface area contributed by atoms with Crippen molar-refractivity contribution in [3.8, 4) is 11.1 Å². The molecule has 0 saturated carbocycles. The zero-order valence-corrected chi connectivity index (χ0v) is 14.6. The van der Waals surface area contributed by atoms with Crippen molar-refractivity contribution in [2.45, 2.75) is 17.0 Å². The first-order valence-electron chi connectivity index (χ1n) is 6.45. The van der Waals surface area contributed by atoms with Gasteiger partial charge < -0.3 is 24.8 Å². The van der Waals surface area contributed by atoms with E-state index < -0.39 is 0 Å². The van der Waals surface area contributed by atoms with Crippen LogP contribution in [0.2, 0.25) is 0 Å². The van der Waals surface area contributed by atoms with Gasteiger partial charge in [-0.3, -0.25) is 0 Å². The molecule has 3 rings (SSSR count). The van der Waals surface area contributed by atoms with E-state index in [1.165, 1.54) is 22.3 Å². The number of rotatable bonds is 2. The topological polar surface area (TPSA) is 0 Å². The Balaban J connectivity index is 0.000001000. The fourth-order valence-corrected chi connectivity index (χ4v) is 3.65. The number of hydrogen-bond donors (Lipinski definition) is 0. The Morgan fingerprint density at radius 2 is 1.65 bits per heavy atom. The third-order valence-electron chi connectivity index (χ3n) is 3.70. The summed E-state index contributed by atoms with van der Waals surface area (Å²) in [6, 6.07) is 17.4. The molecule has 2 aromatic rings. The van der Waals surface area contributed by atoms with Gasteiger partial charge in [-0.1, -0.05) is 0 Å². The van der Waals surface area contributed by atoms with Crippen LogP contribution in [-0.2, 0) is 24.4 Å². The van der Waals surface area contributed by atoms with Crippen LogP contribution >= 0.6 is 0 Å². The van der Waals surface area contributed by atoms with E-state index in [1.807, 2.05) is 24.4 Å². The van der Waals surface area contributed by atoms with Crippen molar-refractivity contribution in [3.05, 3.63) is 65.2 Å². The third-order valence-corrected chi connectivity index (χ3v) is 4.93. The molecule has 0 radical (unpaired) electrons. The molecule has 0 heterocycles. The molecule has 20 heavy (non-hydrogen) atoms. The first-order chi connectivity index (χ1) is 8.81. The molecule has 0 amide bonds. The second-order valence-corrected chi connectivity index (χ2v) is 5.77. The second kappa shape index (κ2) is 7.59. The fourth-order valence-electron chi connectivity index (χ4n) is 2.68. The number of benzene rings is 2. The number of fused-ring (bicyclic) bond motifs is 1. The van der Waals surface area contributed by atoms with Gasteiger partial charge in [-0.05, 0) is 0 Å². The summed E-state index contributed by atoms with van der Waals surface area (Å²) in [6.45, 7) is 2.26. The van der Waals surface area contributed by atoms with Crippen LogP contribution in [-0.4, -0.2) is 0 Å². The normalized spacial score (nSPS) is 15.8. The van der Waals surface area contributed by atoms with Gasteiger partial charge >= 0.3 is 124 Å². The molecule has 0 aromatic heterocycles. The van der Waals surface area contributed by atoms with E-state index in [-0.39, 0.29) is 24.8 Å². The minimum absolute atomic E-state index is 0. The first kappa shape index (κ1) is 17.7. The molecular weight excluding hydrogens is 320 g/mol. The number of allylic oxidation sites excluding steroid dienone is 1. The van der Waals surface area contributed by atoms with Gasteiger partial charge in [-0.25, -0.2) is 0 Å². The maximum absolute atomic E-state index is 2.41. The molecule has 3 heteroatoms. The molecule has 1 unspecified atom stereocenters. The van der Waals surface area contributed by atoms with E-state index in [4.69, 9.17) is 0 Å². The Hall–Kier alpha value is -0.370. The molecular formula is C17H15Cl2Sc. The third kappa shape index (κ3) is 3.10. The Bertz CT molecular complexity index is 606. The summed E-state index contributed by atoms with van der Waals surface area (Å²) in [6.07, 6.45) is 3.57. The summed E-state index contributed by atoms with van der Waals surface area (Å²) < 4.78 is 0.640. The van der Waals surface area contributed by atoms with Crippen LogP contribution in [0.15, 0.2) is 54.1 Å². The predicted octanol–water partition coefficient (Wildman–Crippen LogP) is -1.24. The van der Waals surface area contributed by atoms with Crippen molar-refractivity contribution < 1.29 is 49.2 Å². The van der Waals surface area contributed by atoms with Gasteiger partial charge in [0.15, 0.2) is 0 Å². The maximum Gasteiger partial charge on any atom is -1.00 e. The Labute approximate surface area is 148 Å². The molecule has 0 fully saturated rings. The minimum Gasteiger partial charge on any atom is -1.00 e. The molecule has 1 aliphatic rings. The van der Waals surface area contributed by atoms with Gasteiger partial charge in [-0.2, -0.15) is 0 Å². The van der Waals surface area contributed by atoms with Crippen LogP contribution in [0.1, 0.15) is 28.1 Å². The van der Waals surface area contributed by atoms with Gasteiger partial charge in [0.2, 0.25) is 0 Å². The molecule has 0 bridgehead atoms. The standard InChI is InChI=1S/C17H15.2ClH.Sc/c1-2-13-11-15-9-6-10-16(17(15)12-13)14-7-4-3-5-8-14;;;/h3-12H,2H2,1H3;2*1H;/q;;;+2/p-2. The molecule has 2 aromatic carbocycles. The minimum atomic E-state index is 0. The summed E-state index contributed by atoms with van der Waals surface area (Å²) in [4.78, 5) is 0. The smallest absolute Gasteiger partial charge is 1.00 e. The van der Waals surface area contributed by atoms with E-state index >= 15 is 0 Å². The van der Waals surface area contributed by atoms with Crippen molar-refractivity contribution in [3.63, 3.8) is 0 Å². The largest absolute Gasteiger partial charge is 1.00 e. The van der Waals surface area contributed by atoms with Crippen molar-refractivity contribution in [1.29, 1.82) is 0 Å². The molecule has 0 saturated heterocycles. The zero-order chi connectivity index (χ0) is 12.5. The van der Waals surface area contributed by atoms with Crippen molar-refractivity contribution in [1.82, 2.24) is 0 Å². The van der Waals surface area contributed by atoms with E-state index in [0.717, 1.165) is 6.42 Å². The molecule has 0 N–H and O–H groups in total. The van der Waals surface area contributed by atoms with Gasteiger partial charge in [0.05, 0.1) is 0 Å². The Kier molecular flexibility index (Phi) is 6.71. The molecule has 1 atom stereocenters. The summed E-state index contributed by atoms with van der Waals surface area (Å²) >= 11 is 1.82. The summed E-state index contributed by atoms with van der Waals surface area (Å²) in [5.41, 5.74) is 7.22. The van der Waals surface area contributed by atoms with Gasteiger partial charge in [-0.15, -0.1) is 0 Å². The van der Waals surface area contributed by atoms with E-state index in [2.05, 4.69) is 61.5 Å². The van der Waals surface area contributed by atoms with Crippen molar-refractivity contribution in [2.24, 2.45) is 0 Å². The zero-order valence-electron chi connectivity index (χ0n) is 11.3. The van der Waals surface area contributed by atoms with Gasteiger partial charge in [0.1, 0.15) is 0 Å². The van der Waals surface area contributed by atoms with Crippen LogP contribution < -0.4 is 24.8 Å². The van der Waals surface area contributed by atoms with Gasteiger partial charge in [0, 0.05) is 0 Å². The molecule has 1 aliphatic carbocycles. The second-order valence-electron chi connectivity index (χ2n) is 4.72. The quantitative estimate of drug-likeness (QED) is 0.644. The molecule has 0 spiro atoms. The Morgan fingerprint density at radius 1 is 0.950 bits per heavy atom. The monoisotopic (exact) mass is 334 g/mol. The van der Waals surface area contributed by atoms with E-state index in [9.17, 15) is 0 Å². The maximum atomic E-state index is 2.41. The van der Waals surface area contributed by atoms with Crippen molar-refractivity contribution in [2.75, 3.05) is 0 Å². The molecule has 0 aliphatic heterocycles. The van der Waals surface area contributed by atoms with Gasteiger partial charge in [0.25, 0.3) is 0 Å². The fraction of sp³-hybridized carbons (Fsp3) is 0.176. The van der Waals surface area contributed by atoms with Crippen molar-refractivity contribution >= 4 is 6.08 Å². The average molecular weight is 335 g/mol. The van der Waals surface area contributed by atoms with Crippen LogP contribution in [0.25, 0.3) is 17.2 Å². The summed E-state index contributed by atoms with van der Waals surface area (Å²) in [5, 5.41) is 0. The number of halogens is 2. The molecule has 0 nitrogen and oxygen atoms in total. The molecule has 100 valence electrons. The number of hydrogen-bond acceptors (Lipinski definition) is 0. The summed E-state index contributed by atoms with van der Waals surface area (Å²) in [7, 11) is 0. The Morgan fingerprint density at radius 3 is 2.30 bits per heavy atom. The van der Waals surface area contributed by atoms with Crippen LogP contribution in [0, 0.1) is 0 Å². The predicted molar refractivity (Wildman–Crippen MR) is 72.9 cm³/mol. The first-order valence-corrected chi connectivity index (χ1v) is 7.49. The summed E-state index contributed by atoms with van der Waals surface area (Å²) in [5.74, 6) is 0. The SMILES string of the molecule is CCC1=Cc2c(-c3ccccc3)cccc2[CH]1[Sc+2].[Cl-].[Cl-].